The average Bonchev–Trinajstić information content (AvgIpc) is 2.50. The van der Waals surface area contributed by atoms with Crippen molar-refractivity contribution >= 4 is 23.2 Å². The van der Waals surface area contributed by atoms with E-state index in [4.69, 9.17) is 11.6 Å². The van der Waals surface area contributed by atoms with E-state index in [0.717, 1.165) is 24.2 Å². The fourth-order valence-electron chi connectivity index (χ4n) is 1.99. The van der Waals surface area contributed by atoms with Gasteiger partial charge < -0.3 is 10.2 Å². The number of nitrogens with zero attached hydrogens (tertiary/aromatic N) is 1. The van der Waals surface area contributed by atoms with E-state index in [2.05, 4.69) is 12.2 Å². The van der Waals surface area contributed by atoms with E-state index in [-0.39, 0.29) is 11.9 Å². The molecule has 1 heterocycles. The van der Waals surface area contributed by atoms with Crippen molar-refractivity contribution in [2.75, 3.05) is 18.5 Å². The minimum Gasteiger partial charge on any atom is -0.313 e. The van der Waals surface area contributed by atoms with Gasteiger partial charge in [-0.1, -0.05) is 18.5 Å². The second-order valence-electron chi connectivity index (χ2n) is 3.99. The average molecular weight is 239 g/mol. The molecule has 2 rings (SSSR count). The van der Waals surface area contributed by atoms with Gasteiger partial charge in [-0.15, -0.1) is 0 Å². The molecule has 1 aliphatic heterocycles. The molecule has 0 radical (unpaired) electrons. The van der Waals surface area contributed by atoms with Gasteiger partial charge in [-0.2, -0.15) is 0 Å². The van der Waals surface area contributed by atoms with Crippen LogP contribution in [0.1, 0.15) is 24.9 Å². The third-order valence-corrected chi connectivity index (χ3v) is 3.07. The highest BCUT2D eigenvalue weighted by molar-refractivity contribution is 6.31. The number of amides is 1. The second-order valence-corrected chi connectivity index (χ2v) is 4.42. The number of halogens is 1. The number of carbonyl (C=O) groups excluding carboxylic acids is 1. The maximum atomic E-state index is 12.0. The van der Waals surface area contributed by atoms with Gasteiger partial charge in [-0.3, -0.25) is 4.79 Å². The van der Waals surface area contributed by atoms with Crippen LogP contribution in [-0.4, -0.2) is 19.5 Å². The Hall–Kier alpha value is -1.06. The highest BCUT2D eigenvalue weighted by atomic mass is 35.5. The Morgan fingerprint density at radius 1 is 1.50 bits per heavy atom. The van der Waals surface area contributed by atoms with Crippen molar-refractivity contribution in [3.05, 3.63) is 28.8 Å². The Kier molecular flexibility index (Phi) is 3.17. The van der Waals surface area contributed by atoms with Gasteiger partial charge in [0.1, 0.15) is 6.04 Å². The smallest absolute Gasteiger partial charge is 0.248 e. The van der Waals surface area contributed by atoms with Gasteiger partial charge in [0, 0.05) is 23.3 Å². The van der Waals surface area contributed by atoms with Gasteiger partial charge in [0.2, 0.25) is 5.91 Å². The predicted octanol–water partition coefficient (Wildman–Crippen LogP) is 2.36. The minimum absolute atomic E-state index is 0.0886. The summed E-state index contributed by atoms with van der Waals surface area (Å²) in [6.45, 7) is 2.91. The zero-order chi connectivity index (χ0) is 11.7. The van der Waals surface area contributed by atoms with Crippen LogP contribution in [0.4, 0.5) is 5.69 Å². The quantitative estimate of drug-likeness (QED) is 0.877. The molecule has 0 spiro atoms. The van der Waals surface area contributed by atoms with E-state index >= 15 is 0 Å². The number of rotatable bonds is 3. The molecule has 3 nitrogen and oxygen atoms in total. The molecular weight excluding hydrogens is 224 g/mol. The molecule has 0 aromatic heterocycles. The lowest BCUT2D eigenvalue weighted by Crippen LogP contribution is -2.32. The number of likely N-dealkylation sites (N-methyl/N-ethyl adjacent to an activating group) is 1. The molecule has 1 N–H and O–H groups in total. The van der Waals surface area contributed by atoms with Gasteiger partial charge in [-0.05, 0) is 31.2 Å². The number of hydrogen-bond donors (Lipinski definition) is 1. The Morgan fingerprint density at radius 2 is 2.25 bits per heavy atom. The van der Waals surface area contributed by atoms with Crippen molar-refractivity contribution in [2.45, 2.75) is 19.4 Å². The summed E-state index contributed by atoms with van der Waals surface area (Å²) in [6, 6.07) is 5.33. The standard InChI is InChI=1S/C12H15ClN2O/c1-3-6-14-11-9-7-8(13)4-5-10(9)15(2)12(11)16/h4-5,7,11,14H,3,6H2,1-2H3. The normalized spacial score (nSPS) is 19.1. The summed E-state index contributed by atoms with van der Waals surface area (Å²) >= 11 is 5.96. The maximum Gasteiger partial charge on any atom is 0.248 e. The molecule has 1 atom stereocenters. The summed E-state index contributed by atoms with van der Waals surface area (Å²) < 4.78 is 0. The van der Waals surface area contributed by atoms with Crippen LogP contribution in [0.2, 0.25) is 5.02 Å². The fraction of sp³-hybridized carbons (Fsp3) is 0.417. The van der Waals surface area contributed by atoms with Crippen LogP contribution in [0.5, 0.6) is 0 Å². The van der Waals surface area contributed by atoms with Crippen molar-refractivity contribution in [3.8, 4) is 0 Å². The highest BCUT2D eigenvalue weighted by Gasteiger charge is 2.34. The zero-order valence-corrected chi connectivity index (χ0v) is 10.2. The van der Waals surface area contributed by atoms with Crippen LogP contribution >= 0.6 is 11.6 Å². The first-order valence-corrected chi connectivity index (χ1v) is 5.83. The summed E-state index contributed by atoms with van der Waals surface area (Å²) in [5.41, 5.74) is 1.93. The zero-order valence-electron chi connectivity index (χ0n) is 9.46. The molecule has 0 saturated heterocycles. The first kappa shape index (κ1) is 11.4. The molecule has 4 heteroatoms. The van der Waals surface area contributed by atoms with Crippen molar-refractivity contribution in [1.82, 2.24) is 5.32 Å². The third kappa shape index (κ3) is 1.81. The summed E-state index contributed by atoms with van der Waals surface area (Å²) in [4.78, 5) is 13.7. The van der Waals surface area contributed by atoms with Gasteiger partial charge in [-0.25, -0.2) is 0 Å². The van der Waals surface area contributed by atoms with E-state index in [9.17, 15) is 4.79 Å². The van der Waals surface area contributed by atoms with Gasteiger partial charge in [0.05, 0.1) is 0 Å². The summed E-state index contributed by atoms with van der Waals surface area (Å²) in [5.74, 6) is 0.0886. The molecular formula is C12H15ClN2O. The lowest BCUT2D eigenvalue weighted by Gasteiger charge is -2.11. The maximum absolute atomic E-state index is 12.0. The van der Waals surface area contributed by atoms with E-state index in [1.54, 1.807) is 11.9 Å². The van der Waals surface area contributed by atoms with Gasteiger partial charge in [0.25, 0.3) is 0 Å². The van der Waals surface area contributed by atoms with E-state index < -0.39 is 0 Å². The Balaban J connectivity index is 2.35. The number of carbonyl (C=O) groups is 1. The van der Waals surface area contributed by atoms with E-state index in [1.807, 2.05) is 18.2 Å². The monoisotopic (exact) mass is 238 g/mol. The largest absolute Gasteiger partial charge is 0.313 e. The number of fused-ring (bicyclic) bond motifs is 1. The van der Waals surface area contributed by atoms with Crippen LogP contribution < -0.4 is 10.2 Å². The van der Waals surface area contributed by atoms with Crippen LogP contribution in [0, 0.1) is 0 Å². The first-order valence-electron chi connectivity index (χ1n) is 5.45. The summed E-state index contributed by atoms with van der Waals surface area (Å²) in [5, 5.41) is 3.92. The number of hydrogen-bond acceptors (Lipinski definition) is 2. The van der Waals surface area contributed by atoms with Crippen LogP contribution in [-0.2, 0) is 4.79 Å². The number of benzene rings is 1. The van der Waals surface area contributed by atoms with Crippen molar-refractivity contribution in [2.24, 2.45) is 0 Å². The Morgan fingerprint density at radius 3 is 2.94 bits per heavy atom. The van der Waals surface area contributed by atoms with E-state index in [0.29, 0.717) is 5.02 Å². The minimum atomic E-state index is -0.237. The molecule has 86 valence electrons. The van der Waals surface area contributed by atoms with Crippen LogP contribution in [0.15, 0.2) is 18.2 Å². The molecule has 16 heavy (non-hydrogen) atoms. The molecule has 0 bridgehead atoms. The van der Waals surface area contributed by atoms with E-state index in [1.165, 1.54) is 0 Å². The predicted molar refractivity (Wildman–Crippen MR) is 65.9 cm³/mol. The molecule has 1 aliphatic rings. The van der Waals surface area contributed by atoms with Crippen molar-refractivity contribution in [1.29, 1.82) is 0 Å². The molecule has 0 aliphatic carbocycles. The van der Waals surface area contributed by atoms with Crippen LogP contribution in [0.25, 0.3) is 0 Å². The number of nitrogens with one attached hydrogen (secondary N) is 1. The first-order chi connectivity index (χ1) is 7.65. The van der Waals surface area contributed by atoms with Crippen LogP contribution in [0.3, 0.4) is 0 Å². The van der Waals surface area contributed by atoms with Gasteiger partial charge in [0.15, 0.2) is 0 Å². The Labute approximate surface area is 100 Å². The Bertz CT molecular complexity index is 419. The molecule has 1 amide bonds. The third-order valence-electron chi connectivity index (χ3n) is 2.84. The molecule has 1 unspecified atom stereocenters. The van der Waals surface area contributed by atoms with Crippen molar-refractivity contribution in [3.63, 3.8) is 0 Å². The lowest BCUT2D eigenvalue weighted by atomic mass is 10.1. The molecule has 1 aromatic rings. The summed E-state index contributed by atoms with van der Waals surface area (Å²) in [6.07, 6.45) is 1.00. The molecule has 0 fully saturated rings. The lowest BCUT2D eigenvalue weighted by molar-refractivity contribution is -0.119. The highest BCUT2D eigenvalue weighted by Crippen LogP contribution is 2.36. The van der Waals surface area contributed by atoms with Gasteiger partial charge >= 0.3 is 0 Å². The fourth-order valence-corrected chi connectivity index (χ4v) is 2.17. The van der Waals surface area contributed by atoms with Crippen molar-refractivity contribution < 1.29 is 4.79 Å². The molecule has 1 aromatic carbocycles. The topological polar surface area (TPSA) is 32.3 Å². The summed E-state index contributed by atoms with van der Waals surface area (Å²) in [7, 11) is 1.79. The molecule has 0 saturated carbocycles. The number of anilines is 1. The SMILES string of the molecule is CCCNC1C(=O)N(C)c2ccc(Cl)cc21. The second kappa shape index (κ2) is 4.44.